The highest BCUT2D eigenvalue weighted by Crippen LogP contribution is 2.46. The molecule has 20 unspecified atom stereocenters. The molecule has 0 amide bonds. The van der Waals surface area contributed by atoms with Gasteiger partial charge in [-0.1, -0.05) is 24.3 Å². The van der Waals surface area contributed by atoms with Crippen LogP contribution < -0.4 is 18.9 Å². The van der Waals surface area contributed by atoms with Gasteiger partial charge in [-0.05, 0) is 89.5 Å². The van der Waals surface area contributed by atoms with Crippen molar-refractivity contribution < 1.29 is 183 Å². The van der Waals surface area contributed by atoms with Crippen LogP contribution in [0.4, 0.5) is 0 Å². The van der Waals surface area contributed by atoms with E-state index >= 15 is 0 Å². The second-order valence-corrected chi connectivity index (χ2v) is 24.4. The zero-order chi connectivity index (χ0) is 76.5. The fraction of sp³-hybridized carbons (Fsp3) is 0.377. The Hall–Kier alpha value is -10.4. The molecule has 5 aromatic carbocycles. The Morgan fingerprint density at radius 3 is 1.30 bits per heavy atom. The number of hydrogen-bond donors (Lipinski definition) is 19. The minimum Gasteiger partial charge on any atom is -0.508 e. The average molecular weight is 1490 g/mol. The molecule has 20 atom stereocenters. The lowest BCUT2D eigenvalue weighted by molar-refractivity contribution is -0.292. The highest BCUT2D eigenvalue weighted by Gasteiger charge is 2.50. The molecule has 37 heteroatoms. The summed E-state index contributed by atoms with van der Waals surface area (Å²) in [4.78, 5) is 61.4. The number of phenols is 6. The Bertz CT molecular complexity index is 4100. The van der Waals surface area contributed by atoms with Gasteiger partial charge in [-0.3, -0.25) is 9.59 Å². The van der Waals surface area contributed by atoms with Crippen molar-refractivity contribution in [2.24, 2.45) is 0 Å². The van der Waals surface area contributed by atoms with Crippen molar-refractivity contribution in [3.63, 3.8) is 0 Å². The molecule has 106 heavy (non-hydrogen) atoms. The number of carbonyl (C=O) groups excluding carboxylic acids is 4. The van der Waals surface area contributed by atoms with E-state index in [1.54, 1.807) is 0 Å². The maximum atomic E-state index is 13.1. The number of ether oxygens (including phenoxy) is 13. The van der Waals surface area contributed by atoms with Crippen LogP contribution in [-0.2, 0) is 73.0 Å². The van der Waals surface area contributed by atoms with E-state index in [9.17, 15) is 116 Å². The molecule has 19 N–H and O–H groups in total. The van der Waals surface area contributed by atoms with E-state index in [4.69, 9.17) is 66.7 Å². The van der Waals surface area contributed by atoms with Gasteiger partial charge in [0.05, 0.1) is 0 Å². The predicted molar refractivity (Wildman–Crippen MR) is 346 cm³/mol. The highest BCUT2D eigenvalue weighted by molar-refractivity contribution is 5.90. The third kappa shape index (κ3) is 19.0. The molecule has 5 aliphatic heterocycles. The van der Waals surface area contributed by atoms with E-state index in [-0.39, 0.29) is 39.7 Å². The van der Waals surface area contributed by atoms with Gasteiger partial charge in [-0.2, -0.15) is 0 Å². The summed E-state index contributed by atoms with van der Waals surface area (Å²) in [5.74, 6) is -11.0. The van der Waals surface area contributed by atoms with E-state index < -0.39 is 238 Å². The topological polar surface area (TPSA) is 590 Å². The monoisotopic (exact) mass is 1490 g/mol. The first-order valence-corrected chi connectivity index (χ1v) is 32.0. The Morgan fingerprint density at radius 1 is 0.396 bits per heavy atom. The zero-order valence-electron chi connectivity index (χ0n) is 54.8. The first kappa shape index (κ1) is 78.2. The van der Waals surface area contributed by atoms with Crippen LogP contribution in [0.1, 0.15) is 34.2 Å². The third-order valence-corrected chi connectivity index (χ3v) is 16.8. The number of carboxylic acid groups (broad SMARTS) is 1. The van der Waals surface area contributed by atoms with Crippen molar-refractivity contribution >= 4 is 53.8 Å². The van der Waals surface area contributed by atoms with Crippen LogP contribution in [0, 0.1) is 0 Å². The largest absolute Gasteiger partial charge is 0.508 e. The summed E-state index contributed by atoms with van der Waals surface area (Å²) in [6.07, 6.45) is -32.9. The van der Waals surface area contributed by atoms with Crippen molar-refractivity contribution in [3.05, 3.63) is 143 Å². The van der Waals surface area contributed by atoms with Crippen molar-refractivity contribution in [2.45, 2.75) is 136 Å². The third-order valence-electron chi connectivity index (χ3n) is 16.8. The van der Waals surface area contributed by atoms with Gasteiger partial charge in [0.15, 0.2) is 40.3 Å². The minimum atomic E-state index is -2.12. The van der Waals surface area contributed by atoms with Crippen molar-refractivity contribution in [3.8, 4) is 57.5 Å². The first-order chi connectivity index (χ1) is 50.4. The maximum absolute atomic E-state index is 13.1. The van der Waals surface area contributed by atoms with Gasteiger partial charge in [0.1, 0.15) is 159 Å². The van der Waals surface area contributed by atoms with E-state index in [1.807, 2.05) is 0 Å². The average Bonchev–Trinajstić information content (AvgIpc) is 0.770. The van der Waals surface area contributed by atoms with E-state index in [0.29, 0.717) is 11.1 Å². The number of rotatable bonds is 25. The summed E-state index contributed by atoms with van der Waals surface area (Å²) >= 11 is 0. The van der Waals surface area contributed by atoms with Gasteiger partial charge < -0.3 is 159 Å². The number of aromatic hydroxyl groups is 6. The van der Waals surface area contributed by atoms with Gasteiger partial charge in [-0.25, -0.2) is 14.4 Å². The quantitative estimate of drug-likeness (QED) is 0.00936. The molecule has 570 valence electrons. The van der Waals surface area contributed by atoms with E-state index in [1.165, 1.54) is 72.8 Å². The second-order valence-electron chi connectivity index (χ2n) is 24.4. The smallest absolute Gasteiger partial charge is 0.330 e. The number of benzene rings is 5. The summed E-state index contributed by atoms with van der Waals surface area (Å²) < 4.78 is 73.1. The first-order valence-electron chi connectivity index (χ1n) is 32.0. The number of esters is 4. The lowest BCUT2D eigenvalue weighted by Gasteiger charge is -2.41. The normalized spacial score (nSPS) is 29.5. The van der Waals surface area contributed by atoms with Crippen molar-refractivity contribution in [1.82, 2.24) is 0 Å². The molecule has 4 fully saturated rings. The molecule has 37 nitrogen and oxygen atoms in total. The second kappa shape index (κ2) is 34.2. The number of allylic oxidation sites excluding steroid dienone is 1. The maximum Gasteiger partial charge on any atom is 0.330 e. The summed E-state index contributed by atoms with van der Waals surface area (Å²) in [5.41, 5.74) is 0.671. The summed E-state index contributed by atoms with van der Waals surface area (Å²) in [5, 5.41) is 202. The Balaban J connectivity index is 0.815. The van der Waals surface area contributed by atoms with Gasteiger partial charge >= 0.3 is 29.8 Å². The fourth-order valence-electron chi connectivity index (χ4n) is 11.0. The number of aliphatic hydroxyl groups is 12. The van der Waals surface area contributed by atoms with Crippen molar-refractivity contribution in [1.29, 1.82) is 0 Å². The van der Waals surface area contributed by atoms with E-state index in [0.717, 1.165) is 54.6 Å². The lowest BCUT2D eigenvalue weighted by Crippen LogP contribution is -2.60. The zero-order valence-corrected chi connectivity index (χ0v) is 54.8. The van der Waals surface area contributed by atoms with Crippen LogP contribution in [0.15, 0.2) is 115 Å². The van der Waals surface area contributed by atoms with Crippen molar-refractivity contribution in [2.75, 3.05) is 26.4 Å². The molecule has 0 saturated carbocycles. The number of fused-ring (bicyclic) bond motifs is 1. The van der Waals surface area contributed by atoms with Crippen LogP contribution >= 0.6 is 0 Å². The molecule has 5 aromatic rings. The molecule has 10 rings (SSSR count). The van der Waals surface area contributed by atoms with Gasteiger partial charge in [0.2, 0.25) is 25.2 Å². The number of phenolic OH excluding ortho intramolecular Hbond substituents is 6. The van der Waals surface area contributed by atoms with Gasteiger partial charge in [-0.15, -0.1) is 0 Å². The SMILES string of the molecule is O=C(O)CC(=O)OCC1OC(OC2=C(c3ccc(O)c(OC4OC(COC(=O)C=Cc5ccc(OC6OC(COC(=O)C=Cc7ccc(O)c(O)c7)C(O)C(O)C6O)c(O)c5)C(O)C(O)C4O)c3)Oc3cc(OC4OC(COC(=O)C=Cc5ccc(O)cc5)C(O)C(O)C4O)cc(O)c3C2)C(O)C(O)C1O. The summed E-state index contributed by atoms with van der Waals surface area (Å²) in [6.45, 7) is -3.08. The number of aliphatic hydroxyl groups excluding tert-OH is 12. The van der Waals surface area contributed by atoms with Crippen LogP contribution in [0.25, 0.3) is 24.0 Å². The Labute approximate surface area is 596 Å². The standard InChI is InChI=1S/C69H72O37/c70-32-9-1-28(2-10-32)5-14-49(78)94-24-44-53(82)57(86)61(90)66(103-44)98-33-20-37(73)34-22-43(102-69-64(93)60(89)56(85)47(106-69)27-97-52(81)23-48(76)77)65(99-41(34)21-33)31-8-12-36(72)42(19-31)101-68-63(92)59(88)55(84)46(105-68)26-96-51(80)16-7-30-4-13-40(39(75)18-30)100-67-62(91)58(87)54(83)45(104-67)25-95-50(79)15-6-29-3-11-35(71)38(74)17-29/h1-21,44-47,53-64,66-75,82-93H,22-27H2,(H,76,77). The number of carboxylic acids is 1. The molecule has 0 bridgehead atoms. The molecule has 5 aliphatic rings. The van der Waals surface area contributed by atoms with E-state index in [2.05, 4.69) is 0 Å². The van der Waals surface area contributed by atoms with Crippen LogP contribution in [-0.4, -0.2) is 276 Å². The highest BCUT2D eigenvalue weighted by atomic mass is 16.7. The predicted octanol–water partition coefficient (Wildman–Crippen LogP) is -2.60. The Morgan fingerprint density at radius 2 is 0.821 bits per heavy atom. The molecule has 0 spiro atoms. The summed E-state index contributed by atoms with van der Waals surface area (Å²) in [6, 6.07) is 18.4. The minimum absolute atomic E-state index is 0.0210. The number of hydrogen-bond acceptors (Lipinski definition) is 36. The molecule has 0 radical (unpaired) electrons. The lowest BCUT2D eigenvalue weighted by atomic mass is 9.98. The van der Waals surface area contributed by atoms with Gasteiger partial charge in [0.25, 0.3) is 0 Å². The fourth-order valence-corrected chi connectivity index (χ4v) is 11.0. The number of carbonyl (C=O) groups is 5. The number of aliphatic carboxylic acids is 1. The molecule has 0 aromatic heterocycles. The van der Waals surface area contributed by atoms with Crippen LogP contribution in [0.2, 0.25) is 0 Å². The molecule has 4 saturated heterocycles. The van der Waals surface area contributed by atoms with Crippen LogP contribution in [0.5, 0.6) is 57.5 Å². The Kier molecular flexibility index (Phi) is 25.2. The van der Waals surface area contributed by atoms with Gasteiger partial charge in [0, 0.05) is 47.9 Å². The molecular formula is C69H72O37. The van der Waals surface area contributed by atoms with Crippen LogP contribution in [0.3, 0.4) is 0 Å². The molecular weight excluding hydrogens is 1420 g/mol. The summed E-state index contributed by atoms with van der Waals surface area (Å²) in [7, 11) is 0. The molecule has 0 aliphatic carbocycles. The molecule has 5 heterocycles.